The molecule has 1 fully saturated rings. The molecule has 1 aliphatic rings. The fourth-order valence-electron chi connectivity index (χ4n) is 2.72. The molecule has 1 aliphatic heterocycles. The summed E-state index contributed by atoms with van der Waals surface area (Å²) in [5, 5.41) is 6.41. The van der Waals surface area contributed by atoms with Crippen molar-refractivity contribution in [2.75, 3.05) is 16.4 Å². The topological polar surface area (TPSA) is 71.3 Å². The maximum absolute atomic E-state index is 12.1. The monoisotopic (exact) mass is 390 g/mol. The smallest absolute Gasteiger partial charge is 0.291 e. The summed E-state index contributed by atoms with van der Waals surface area (Å²) in [5.74, 6) is 1.19. The van der Waals surface area contributed by atoms with Crippen LogP contribution in [0.3, 0.4) is 0 Å². The summed E-state index contributed by atoms with van der Waals surface area (Å²) in [6.07, 6.45) is 6.45. The zero-order chi connectivity index (χ0) is 18.2. The van der Waals surface area contributed by atoms with Gasteiger partial charge in [0.05, 0.1) is 6.26 Å². The van der Waals surface area contributed by atoms with E-state index in [2.05, 4.69) is 10.6 Å². The molecule has 26 heavy (non-hydrogen) atoms. The lowest BCUT2D eigenvalue weighted by Gasteiger charge is -2.09. The van der Waals surface area contributed by atoms with Crippen LogP contribution in [0.25, 0.3) is 0 Å². The lowest BCUT2D eigenvalue weighted by Crippen LogP contribution is -2.13. The van der Waals surface area contributed by atoms with Gasteiger partial charge in [0.15, 0.2) is 5.76 Å². The fraction of sp³-hybridized carbons (Fsp3) is 0.368. The molecule has 1 aromatic heterocycles. The van der Waals surface area contributed by atoms with Crippen molar-refractivity contribution in [2.24, 2.45) is 0 Å². The van der Waals surface area contributed by atoms with Crippen LogP contribution in [0.2, 0.25) is 0 Å². The molecule has 1 unspecified atom stereocenters. The van der Waals surface area contributed by atoms with E-state index in [1.165, 1.54) is 24.9 Å². The van der Waals surface area contributed by atoms with Crippen LogP contribution in [0.5, 0.6) is 0 Å². The summed E-state index contributed by atoms with van der Waals surface area (Å²) < 4.78 is 5.07. The zero-order valence-electron chi connectivity index (χ0n) is 14.4. The minimum Gasteiger partial charge on any atom is -0.459 e. The fourth-order valence-corrected chi connectivity index (χ4v) is 5.75. The van der Waals surface area contributed by atoms with E-state index in [0.29, 0.717) is 17.8 Å². The normalized spacial score (nSPS) is 16.4. The Labute approximate surface area is 161 Å². The van der Waals surface area contributed by atoms with E-state index < -0.39 is 0 Å². The summed E-state index contributed by atoms with van der Waals surface area (Å²) in [5.41, 5.74) is 1.29. The third-order valence-corrected chi connectivity index (χ3v) is 7.06. The van der Waals surface area contributed by atoms with E-state index in [1.54, 1.807) is 30.3 Å². The minimum absolute atomic E-state index is 0.00737. The molecule has 1 atom stereocenters. The Bertz CT molecular complexity index is 728. The van der Waals surface area contributed by atoms with Crippen molar-refractivity contribution in [1.82, 2.24) is 0 Å². The third kappa shape index (κ3) is 5.85. The Morgan fingerprint density at radius 1 is 1.12 bits per heavy atom. The summed E-state index contributed by atoms with van der Waals surface area (Å²) in [7, 11) is 3.94. The van der Waals surface area contributed by atoms with E-state index in [9.17, 15) is 9.59 Å². The van der Waals surface area contributed by atoms with E-state index in [4.69, 9.17) is 4.42 Å². The van der Waals surface area contributed by atoms with Gasteiger partial charge < -0.3 is 15.1 Å². The number of carbonyl (C=O) groups excluding carboxylic acids is 2. The second-order valence-corrected chi connectivity index (χ2v) is 8.92. The molecule has 2 aromatic rings. The lowest BCUT2D eigenvalue weighted by molar-refractivity contribution is -0.116. The van der Waals surface area contributed by atoms with E-state index in [1.807, 2.05) is 27.7 Å². The van der Waals surface area contributed by atoms with Gasteiger partial charge >= 0.3 is 0 Å². The van der Waals surface area contributed by atoms with Crippen molar-refractivity contribution >= 4 is 44.8 Å². The Balaban J connectivity index is 1.42. The molecule has 2 amide bonds. The van der Waals surface area contributed by atoms with E-state index in [0.717, 1.165) is 18.1 Å². The van der Waals surface area contributed by atoms with Gasteiger partial charge in [0.25, 0.3) is 5.91 Å². The van der Waals surface area contributed by atoms with Crippen LogP contribution in [-0.4, -0.2) is 22.8 Å². The molecule has 1 aromatic carbocycles. The van der Waals surface area contributed by atoms with Gasteiger partial charge in [-0.2, -0.15) is 0 Å². The SMILES string of the molecule is O=C(CCCCC1CCSS1)Nc1cccc(NC(=O)c2ccco2)c1. The largest absolute Gasteiger partial charge is 0.459 e. The van der Waals surface area contributed by atoms with Gasteiger partial charge in [-0.1, -0.05) is 34.1 Å². The Kier molecular flexibility index (Phi) is 7.08. The van der Waals surface area contributed by atoms with Crippen molar-refractivity contribution in [3.05, 3.63) is 48.4 Å². The second kappa shape index (κ2) is 9.73. The zero-order valence-corrected chi connectivity index (χ0v) is 16.0. The Morgan fingerprint density at radius 3 is 2.69 bits per heavy atom. The molecule has 2 N–H and O–H groups in total. The highest BCUT2D eigenvalue weighted by molar-refractivity contribution is 8.77. The number of hydrogen-bond donors (Lipinski definition) is 2. The van der Waals surface area contributed by atoms with Crippen LogP contribution in [0.15, 0.2) is 47.1 Å². The number of anilines is 2. The van der Waals surface area contributed by atoms with Crippen LogP contribution in [0, 0.1) is 0 Å². The first-order valence-corrected chi connectivity index (χ1v) is 11.1. The first-order chi connectivity index (χ1) is 12.7. The number of carbonyl (C=O) groups is 2. The summed E-state index contributed by atoms with van der Waals surface area (Å²) in [6, 6.07) is 10.4. The maximum Gasteiger partial charge on any atom is 0.291 e. The number of rotatable bonds is 8. The summed E-state index contributed by atoms with van der Waals surface area (Å²) in [4.78, 5) is 24.1. The highest BCUT2D eigenvalue weighted by Gasteiger charge is 2.16. The Hall–Kier alpha value is -1.86. The molecule has 3 rings (SSSR count). The maximum atomic E-state index is 12.1. The molecular weight excluding hydrogens is 368 g/mol. The van der Waals surface area contributed by atoms with Crippen LogP contribution in [-0.2, 0) is 4.79 Å². The molecule has 0 spiro atoms. The van der Waals surface area contributed by atoms with Gasteiger partial charge in [0.2, 0.25) is 5.91 Å². The van der Waals surface area contributed by atoms with E-state index >= 15 is 0 Å². The van der Waals surface area contributed by atoms with Crippen molar-refractivity contribution in [2.45, 2.75) is 37.4 Å². The van der Waals surface area contributed by atoms with Crippen molar-refractivity contribution in [3.8, 4) is 0 Å². The molecule has 138 valence electrons. The highest BCUT2D eigenvalue weighted by atomic mass is 33.1. The van der Waals surface area contributed by atoms with Crippen molar-refractivity contribution < 1.29 is 14.0 Å². The van der Waals surface area contributed by atoms with Crippen LogP contribution >= 0.6 is 21.6 Å². The molecule has 2 heterocycles. The highest BCUT2D eigenvalue weighted by Crippen LogP contribution is 2.39. The van der Waals surface area contributed by atoms with E-state index in [-0.39, 0.29) is 17.6 Å². The number of nitrogens with one attached hydrogen (secondary N) is 2. The molecule has 5 nitrogen and oxygen atoms in total. The van der Waals surface area contributed by atoms with Crippen molar-refractivity contribution in [3.63, 3.8) is 0 Å². The summed E-state index contributed by atoms with van der Waals surface area (Å²) in [6.45, 7) is 0. The summed E-state index contributed by atoms with van der Waals surface area (Å²) >= 11 is 0. The Morgan fingerprint density at radius 2 is 1.96 bits per heavy atom. The minimum atomic E-state index is -0.318. The van der Waals surface area contributed by atoms with Gasteiger partial charge in [0.1, 0.15) is 0 Å². The van der Waals surface area contributed by atoms with Gasteiger partial charge in [-0.25, -0.2) is 0 Å². The number of benzene rings is 1. The second-order valence-electron chi connectivity index (χ2n) is 6.14. The molecular formula is C19H22N2O3S2. The number of unbranched alkanes of at least 4 members (excludes halogenated alkanes) is 1. The lowest BCUT2D eigenvalue weighted by atomic mass is 10.1. The van der Waals surface area contributed by atoms with Gasteiger partial charge in [-0.15, -0.1) is 0 Å². The number of hydrogen-bond acceptors (Lipinski definition) is 5. The molecule has 0 bridgehead atoms. The number of amides is 2. The molecule has 0 aliphatic carbocycles. The van der Waals surface area contributed by atoms with Crippen LogP contribution in [0.4, 0.5) is 11.4 Å². The molecule has 0 saturated carbocycles. The van der Waals surface area contributed by atoms with Gasteiger partial charge in [-0.05, 0) is 49.6 Å². The predicted molar refractivity (Wildman–Crippen MR) is 109 cm³/mol. The van der Waals surface area contributed by atoms with Crippen LogP contribution < -0.4 is 10.6 Å². The standard InChI is InChI=1S/C19H22N2O3S2/c22-18(9-2-1-7-16-10-12-25-26-16)20-14-5-3-6-15(13-14)21-19(23)17-8-4-11-24-17/h3-6,8,11,13,16H,1-2,7,9-10,12H2,(H,20,22)(H,21,23). The third-order valence-electron chi connectivity index (χ3n) is 4.06. The van der Waals surface area contributed by atoms with Crippen LogP contribution in [0.1, 0.15) is 42.7 Å². The average molecular weight is 391 g/mol. The first-order valence-electron chi connectivity index (χ1n) is 8.74. The van der Waals surface area contributed by atoms with Crippen molar-refractivity contribution in [1.29, 1.82) is 0 Å². The van der Waals surface area contributed by atoms with Gasteiger partial charge in [0, 0.05) is 28.8 Å². The molecule has 0 radical (unpaired) electrons. The predicted octanol–water partition coefficient (Wildman–Crippen LogP) is 5.18. The average Bonchev–Trinajstić information content (AvgIpc) is 3.33. The van der Waals surface area contributed by atoms with Gasteiger partial charge in [-0.3, -0.25) is 9.59 Å². The molecule has 7 heteroatoms. The quantitative estimate of drug-likeness (QED) is 0.480. The first kappa shape index (κ1) is 18.9. The number of furan rings is 1. The molecule has 1 saturated heterocycles.